The smallest absolute Gasteiger partial charge is 0.224 e. The molecule has 0 saturated heterocycles. The van der Waals surface area contributed by atoms with Crippen molar-refractivity contribution >= 4 is 21.8 Å². The van der Waals surface area contributed by atoms with Crippen molar-refractivity contribution < 1.29 is 9.53 Å². The summed E-state index contributed by atoms with van der Waals surface area (Å²) in [6.07, 6.45) is 2.05. The second kappa shape index (κ2) is 9.15. The van der Waals surface area contributed by atoms with E-state index in [1.165, 1.54) is 0 Å². The number of amides is 1. The molecule has 0 spiro atoms. The zero-order valence-electron chi connectivity index (χ0n) is 14.2. The van der Waals surface area contributed by atoms with Gasteiger partial charge in [0.1, 0.15) is 6.61 Å². The van der Waals surface area contributed by atoms with Gasteiger partial charge in [-0.3, -0.25) is 4.79 Å². The number of rotatable bonds is 7. The first-order valence-corrected chi connectivity index (χ1v) is 9.11. The Kier molecular flexibility index (Phi) is 6.39. The van der Waals surface area contributed by atoms with E-state index in [1.54, 1.807) is 6.20 Å². The van der Waals surface area contributed by atoms with Crippen LogP contribution in [0.25, 0.3) is 0 Å². The summed E-state index contributed by atoms with van der Waals surface area (Å²) in [7, 11) is 0. The highest BCUT2D eigenvalue weighted by Gasteiger charge is 2.05. The van der Waals surface area contributed by atoms with E-state index < -0.39 is 0 Å². The lowest BCUT2D eigenvalue weighted by atomic mass is 10.1. The molecule has 0 aliphatic rings. The second-order valence-corrected chi connectivity index (χ2v) is 6.77. The summed E-state index contributed by atoms with van der Waals surface area (Å²) in [5, 5.41) is 2.93. The Morgan fingerprint density at radius 3 is 2.50 bits per heavy atom. The molecule has 0 aliphatic carbocycles. The molecule has 1 heterocycles. The third-order valence-corrected chi connectivity index (χ3v) is 4.33. The van der Waals surface area contributed by atoms with Crippen LogP contribution in [0.1, 0.15) is 16.7 Å². The van der Waals surface area contributed by atoms with Gasteiger partial charge in [-0.1, -0.05) is 58.4 Å². The Labute approximate surface area is 161 Å². The normalized spacial score (nSPS) is 10.3. The summed E-state index contributed by atoms with van der Waals surface area (Å²) in [5.74, 6) is 0.532. The zero-order chi connectivity index (χ0) is 18.2. The number of aromatic nitrogens is 1. The van der Waals surface area contributed by atoms with Crippen LogP contribution in [0.3, 0.4) is 0 Å². The molecule has 0 unspecified atom stereocenters. The SMILES string of the molecule is O=C(Cc1ccc(Br)cc1)NCc1ccnc(OCc2ccccc2)c1. The maximum absolute atomic E-state index is 12.1. The number of hydrogen-bond donors (Lipinski definition) is 1. The molecule has 0 atom stereocenters. The lowest BCUT2D eigenvalue weighted by molar-refractivity contribution is -0.120. The molecule has 3 aromatic rings. The maximum Gasteiger partial charge on any atom is 0.224 e. The number of carbonyl (C=O) groups is 1. The highest BCUT2D eigenvalue weighted by molar-refractivity contribution is 9.10. The monoisotopic (exact) mass is 410 g/mol. The van der Waals surface area contributed by atoms with E-state index in [4.69, 9.17) is 4.74 Å². The minimum absolute atomic E-state index is 0.0177. The molecule has 0 fully saturated rings. The second-order valence-electron chi connectivity index (χ2n) is 5.86. The predicted molar refractivity (Wildman–Crippen MR) is 105 cm³/mol. The van der Waals surface area contributed by atoms with Crippen molar-refractivity contribution in [3.05, 3.63) is 94.1 Å². The van der Waals surface area contributed by atoms with Crippen LogP contribution >= 0.6 is 15.9 Å². The largest absolute Gasteiger partial charge is 0.473 e. The Balaban J connectivity index is 1.50. The number of nitrogens with zero attached hydrogens (tertiary/aromatic N) is 1. The first-order chi connectivity index (χ1) is 12.7. The summed E-state index contributed by atoms with van der Waals surface area (Å²) in [6.45, 7) is 0.910. The highest BCUT2D eigenvalue weighted by atomic mass is 79.9. The van der Waals surface area contributed by atoms with Gasteiger partial charge in [0.2, 0.25) is 11.8 Å². The first-order valence-electron chi connectivity index (χ1n) is 8.32. The molecule has 4 nitrogen and oxygen atoms in total. The topological polar surface area (TPSA) is 51.2 Å². The average Bonchev–Trinajstić information content (AvgIpc) is 2.68. The Bertz CT molecular complexity index is 851. The van der Waals surface area contributed by atoms with E-state index in [9.17, 15) is 4.79 Å². The molecule has 0 saturated carbocycles. The molecular formula is C21H19BrN2O2. The molecule has 26 heavy (non-hydrogen) atoms. The Morgan fingerprint density at radius 1 is 0.962 bits per heavy atom. The van der Waals surface area contributed by atoms with Crippen molar-refractivity contribution in [2.24, 2.45) is 0 Å². The number of nitrogens with one attached hydrogen (secondary N) is 1. The van der Waals surface area contributed by atoms with E-state index in [0.717, 1.165) is 21.2 Å². The van der Waals surface area contributed by atoms with Gasteiger partial charge in [-0.25, -0.2) is 4.98 Å². The predicted octanol–water partition coefficient (Wildman–Crippen LogP) is 4.28. The van der Waals surface area contributed by atoms with Crippen LogP contribution in [0.2, 0.25) is 0 Å². The number of pyridine rings is 1. The fraction of sp³-hybridized carbons (Fsp3) is 0.143. The molecule has 3 rings (SSSR count). The fourth-order valence-electron chi connectivity index (χ4n) is 2.42. The summed E-state index contributed by atoms with van der Waals surface area (Å²) in [6, 6.07) is 21.4. The van der Waals surface area contributed by atoms with Crippen molar-refractivity contribution in [2.45, 2.75) is 19.6 Å². The van der Waals surface area contributed by atoms with Crippen LogP contribution in [-0.4, -0.2) is 10.9 Å². The molecule has 132 valence electrons. The average molecular weight is 411 g/mol. The van der Waals surface area contributed by atoms with E-state index in [-0.39, 0.29) is 5.91 Å². The lowest BCUT2D eigenvalue weighted by Crippen LogP contribution is -2.24. The Hall–Kier alpha value is -2.66. The van der Waals surface area contributed by atoms with E-state index in [1.807, 2.05) is 66.7 Å². The molecule has 1 aromatic heterocycles. The third-order valence-electron chi connectivity index (χ3n) is 3.80. The number of carbonyl (C=O) groups excluding carboxylic acids is 1. The van der Waals surface area contributed by atoms with Crippen LogP contribution in [-0.2, 0) is 24.4 Å². The molecule has 1 N–H and O–H groups in total. The summed E-state index contributed by atoms with van der Waals surface area (Å²) >= 11 is 3.39. The highest BCUT2D eigenvalue weighted by Crippen LogP contribution is 2.13. The van der Waals surface area contributed by atoms with E-state index in [0.29, 0.717) is 25.5 Å². The fourth-order valence-corrected chi connectivity index (χ4v) is 2.69. The van der Waals surface area contributed by atoms with Crippen molar-refractivity contribution in [1.82, 2.24) is 10.3 Å². The molecule has 0 radical (unpaired) electrons. The minimum atomic E-state index is -0.0177. The quantitative estimate of drug-likeness (QED) is 0.632. The summed E-state index contributed by atoms with van der Waals surface area (Å²) in [4.78, 5) is 16.3. The summed E-state index contributed by atoms with van der Waals surface area (Å²) in [5.41, 5.74) is 3.02. The van der Waals surface area contributed by atoms with Crippen molar-refractivity contribution in [3.63, 3.8) is 0 Å². The lowest BCUT2D eigenvalue weighted by Gasteiger charge is -2.08. The van der Waals surface area contributed by atoms with Crippen LogP contribution < -0.4 is 10.1 Å². The molecular weight excluding hydrogens is 392 g/mol. The molecule has 1 amide bonds. The number of benzene rings is 2. The van der Waals surface area contributed by atoms with Crippen molar-refractivity contribution in [3.8, 4) is 5.88 Å². The molecule has 2 aromatic carbocycles. The van der Waals surface area contributed by atoms with Gasteiger partial charge in [-0.2, -0.15) is 0 Å². The summed E-state index contributed by atoms with van der Waals surface area (Å²) < 4.78 is 6.72. The standard InChI is InChI=1S/C21H19BrN2O2/c22-19-8-6-16(7-9-19)12-20(25)24-14-18-10-11-23-21(13-18)26-15-17-4-2-1-3-5-17/h1-11,13H,12,14-15H2,(H,24,25). The molecule has 0 bridgehead atoms. The van der Waals surface area contributed by atoms with Crippen molar-refractivity contribution in [2.75, 3.05) is 0 Å². The van der Waals surface area contributed by atoms with E-state index in [2.05, 4.69) is 26.2 Å². The first kappa shape index (κ1) is 18.1. The van der Waals surface area contributed by atoms with Crippen LogP contribution in [0.5, 0.6) is 5.88 Å². The van der Waals surface area contributed by atoms with Gasteiger partial charge in [-0.05, 0) is 34.9 Å². The van der Waals surface area contributed by atoms with Crippen molar-refractivity contribution in [1.29, 1.82) is 0 Å². The van der Waals surface area contributed by atoms with Gasteiger partial charge < -0.3 is 10.1 Å². The maximum atomic E-state index is 12.1. The van der Waals surface area contributed by atoms with Gasteiger partial charge in [0.25, 0.3) is 0 Å². The van der Waals surface area contributed by atoms with Gasteiger partial charge in [0.05, 0.1) is 6.42 Å². The van der Waals surface area contributed by atoms with Gasteiger partial charge in [0.15, 0.2) is 0 Å². The van der Waals surface area contributed by atoms with Crippen LogP contribution in [0.4, 0.5) is 0 Å². The number of ether oxygens (including phenoxy) is 1. The zero-order valence-corrected chi connectivity index (χ0v) is 15.8. The number of hydrogen-bond acceptors (Lipinski definition) is 3. The van der Waals surface area contributed by atoms with Gasteiger partial charge in [-0.15, -0.1) is 0 Å². The number of halogens is 1. The minimum Gasteiger partial charge on any atom is -0.473 e. The molecule has 0 aliphatic heterocycles. The molecule has 5 heteroatoms. The van der Waals surface area contributed by atoms with Crippen LogP contribution in [0.15, 0.2) is 77.4 Å². The van der Waals surface area contributed by atoms with Gasteiger partial charge >= 0.3 is 0 Å². The Morgan fingerprint density at radius 2 is 1.73 bits per heavy atom. The van der Waals surface area contributed by atoms with Gasteiger partial charge in [0, 0.05) is 23.3 Å². The van der Waals surface area contributed by atoms with E-state index >= 15 is 0 Å². The van der Waals surface area contributed by atoms with Crippen LogP contribution in [0, 0.1) is 0 Å². The third kappa shape index (κ3) is 5.70.